The number of amides is 10. The van der Waals surface area contributed by atoms with Crippen LogP contribution in [0.15, 0.2) is 12.2 Å². The highest BCUT2D eigenvalue weighted by Crippen LogP contribution is 2.25. The van der Waals surface area contributed by atoms with Crippen LogP contribution in [0, 0.1) is 35.5 Å². The van der Waals surface area contributed by atoms with Crippen molar-refractivity contribution >= 4 is 59.1 Å². The van der Waals surface area contributed by atoms with Crippen molar-refractivity contribution in [2.24, 2.45) is 35.5 Å². The van der Waals surface area contributed by atoms with Crippen LogP contribution in [0.2, 0.25) is 0 Å². The molecule has 1 heterocycles. The number of aliphatic hydroxyl groups is 1. The van der Waals surface area contributed by atoms with E-state index in [1.54, 1.807) is 20.9 Å². The maximum atomic E-state index is 14.2. The number of aliphatic hydroxyl groups excluding tert-OH is 1. The topological polar surface area (TPSA) is 314 Å². The Labute approximate surface area is 465 Å². The van der Waals surface area contributed by atoms with Crippen molar-refractivity contribution in [2.75, 3.05) is 26.7 Å². The monoisotopic (exact) mass is 1100 g/mol. The first-order valence-electron chi connectivity index (χ1n) is 28.0. The molecule has 10 amide bonds. The number of rotatable bonds is 32. The van der Waals surface area contributed by atoms with Gasteiger partial charge in [-0.25, -0.2) is 0 Å². The van der Waals surface area contributed by atoms with E-state index in [-0.39, 0.29) is 79.7 Å². The number of likely N-dealkylation sites (N-methyl/N-ethyl adjacent to an activating group) is 1. The number of likely N-dealkylation sites (tertiary alicyclic amines) is 1. The highest BCUT2D eigenvalue weighted by atomic mass is 16.3. The Morgan fingerprint density at radius 1 is 0.615 bits per heavy atom. The Kier molecular flexibility index (Phi) is 28.7. The molecule has 78 heavy (non-hydrogen) atoms. The molecule has 0 aromatic heterocycles. The van der Waals surface area contributed by atoms with Gasteiger partial charge in [0.05, 0.1) is 6.10 Å². The third-order valence-electron chi connectivity index (χ3n) is 13.5. The third kappa shape index (κ3) is 23.8. The van der Waals surface area contributed by atoms with Crippen LogP contribution in [-0.2, 0) is 47.9 Å². The van der Waals surface area contributed by atoms with E-state index >= 15 is 0 Å². The zero-order valence-corrected chi connectivity index (χ0v) is 50.5. The van der Waals surface area contributed by atoms with Gasteiger partial charge in [0.25, 0.3) is 0 Å². The van der Waals surface area contributed by atoms with Gasteiger partial charge in [-0.1, -0.05) is 88.7 Å². The molecule has 9 atom stereocenters. The highest BCUT2D eigenvalue weighted by molar-refractivity contribution is 6.00. The maximum absolute atomic E-state index is 14.2. The summed E-state index contributed by atoms with van der Waals surface area (Å²) in [6.07, 6.45) is 3.48. The van der Waals surface area contributed by atoms with Crippen LogP contribution in [0.4, 0.5) is 0 Å². The van der Waals surface area contributed by atoms with Gasteiger partial charge in [0.15, 0.2) is 0 Å². The molecule has 0 aromatic rings. The lowest BCUT2D eigenvalue weighted by Gasteiger charge is -2.34. The number of allylic oxidation sites excluding steroid dienone is 1. The van der Waals surface area contributed by atoms with Gasteiger partial charge < -0.3 is 63.2 Å². The van der Waals surface area contributed by atoms with Gasteiger partial charge in [-0.15, -0.1) is 0 Å². The fourth-order valence-electron chi connectivity index (χ4n) is 8.55. The van der Waals surface area contributed by atoms with Crippen molar-refractivity contribution in [3.05, 3.63) is 12.2 Å². The van der Waals surface area contributed by atoms with Crippen molar-refractivity contribution in [3.63, 3.8) is 0 Å². The molecule has 0 saturated carbocycles. The minimum Gasteiger partial charge on any atom is -0.390 e. The molecule has 446 valence electrons. The van der Waals surface area contributed by atoms with Crippen LogP contribution >= 0.6 is 0 Å². The van der Waals surface area contributed by atoms with Crippen LogP contribution in [-0.4, -0.2) is 155 Å². The Balaban J connectivity index is 3.29. The first-order chi connectivity index (χ1) is 35.9. The largest absolute Gasteiger partial charge is 0.390 e. The SMILES string of the molecule is CC[C@@H](C)/C=C/C(=O)N1C[C@H](C)C[C@H]1C(=O)N[C@@H](CC(C)C)C(=O)N[C@H](C(=O)NC(C)(C)C(=O)N[C@@H](CC(C)C)C(=O)N[C@@H](CC(C)C)C(=O)NC(C)(C)C(=O)NC(C)(C)C(=O)NCCC(=O)N[C@H](C)CNC)[C@H](O)C(C)C. The number of nitrogens with one attached hydrogen (secondary N) is 10. The van der Waals surface area contributed by atoms with Crippen LogP contribution in [0.5, 0.6) is 0 Å². The van der Waals surface area contributed by atoms with E-state index in [9.17, 15) is 53.1 Å². The van der Waals surface area contributed by atoms with Gasteiger partial charge >= 0.3 is 0 Å². The Hall–Kier alpha value is -5.64. The normalized spacial score (nSPS) is 17.8. The minimum absolute atomic E-state index is 0.0163. The van der Waals surface area contributed by atoms with Crippen molar-refractivity contribution in [1.29, 1.82) is 0 Å². The summed E-state index contributed by atoms with van der Waals surface area (Å²) in [4.78, 5) is 138. The molecule has 0 spiro atoms. The quantitative estimate of drug-likeness (QED) is 0.0430. The second-order valence-electron chi connectivity index (χ2n) is 24.7. The second kappa shape index (κ2) is 31.8. The molecule has 0 unspecified atom stereocenters. The van der Waals surface area contributed by atoms with Crippen molar-refractivity contribution in [1.82, 2.24) is 58.1 Å². The lowest BCUT2D eigenvalue weighted by Crippen LogP contribution is -2.66. The molecule has 0 radical (unpaired) electrons. The van der Waals surface area contributed by atoms with Gasteiger partial charge in [0.1, 0.15) is 46.8 Å². The van der Waals surface area contributed by atoms with E-state index in [2.05, 4.69) is 53.2 Å². The number of hydrogen-bond acceptors (Lipinski definition) is 12. The van der Waals surface area contributed by atoms with E-state index in [4.69, 9.17) is 0 Å². The summed E-state index contributed by atoms with van der Waals surface area (Å²) in [6, 6.07) is -6.12. The van der Waals surface area contributed by atoms with Crippen molar-refractivity contribution in [3.8, 4) is 0 Å². The zero-order chi connectivity index (χ0) is 60.2. The summed E-state index contributed by atoms with van der Waals surface area (Å²) in [5, 5.41) is 38.8. The van der Waals surface area contributed by atoms with Gasteiger partial charge in [-0.2, -0.15) is 0 Å². The first-order valence-corrected chi connectivity index (χ1v) is 28.0. The molecule has 22 heteroatoms. The van der Waals surface area contributed by atoms with Gasteiger partial charge in [-0.3, -0.25) is 47.9 Å². The van der Waals surface area contributed by atoms with Gasteiger partial charge in [0.2, 0.25) is 59.1 Å². The summed E-state index contributed by atoms with van der Waals surface area (Å²) >= 11 is 0. The average molecular weight is 1100 g/mol. The molecule has 1 fully saturated rings. The lowest BCUT2D eigenvalue weighted by atomic mass is 9.95. The fourth-order valence-corrected chi connectivity index (χ4v) is 8.55. The summed E-state index contributed by atoms with van der Waals surface area (Å²) < 4.78 is 0. The molecule has 1 saturated heterocycles. The van der Waals surface area contributed by atoms with E-state index in [1.807, 2.05) is 75.3 Å². The lowest BCUT2D eigenvalue weighted by molar-refractivity contribution is -0.140. The van der Waals surface area contributed by atoms with Crippen LogP contribution in [0.25, 0.3) is 0 Å². The third-order valence-corrected chi connectivity index (χ3v) is 13.5. The number of carbonyl (C=O) groups is 10. The van der Waals surface area contributed by atoms with E-state index in [1.165, 1.54) is 52.5 Å². The van der Waals surface area contributed by atoms with Crippen molar-refractivity contribution < 1.29 is 53.1 Å². The molecule has 1 rings (SSSR count). The number of carbonyl (C=O) groups excluding carboxylic acids is 10. The molecular formula is C56H101N11O11. The van der Waals surface area contributed by atoms with E-state index in [0.717, 1.165) is 6.42 Å². The molecule has 22 nitrogen and oxygen atoms in total. The van der Waals surface area contributed by atoms with E-state index < -0.39 is 106 Å². The Morgan fingerprint density at radius 3 is 1.62 bits per heavy atom. The second-order valence-corrected chi connectivity index (χ2v) is 24.7. The summed E-state index contributed by atoms with van der Waals surface area (Å²) in [5.74, 6) is -7.01. The average Bonchev–Trinajstić information content (AvgIpc) is 3.71. The van der Waals surface area contributed by atoms with Gasteiger partial charge in [0, 0.05) is 32.1 Å². The summed E-state index contributed by atoms with van der Waals surface area (Å²) in [5.41, 5.74) is -4.81. The molecular weight excluding hydrogens is 1000 g/mol. The molecule has 0 aromatic carbocycles. The van der Waals surface area contributed by atoms with E-state index in [0.29, 0.717) is 19.5 Å². The Morgan fingerprint density at radius 2 is 1.10 bits per heavy atom. The zero-order valence-electron chi connectivity index (χ0n) is 50.5. The molecule has 1 aliphatic heterocycles. The first kappa shape index (κ1) is 70.4. The molecule has 0 bridgehead atoms. The number of nitrogens with zero attached hydrogens (tertiary/aromatic N) is 1. The molecule has 0 aliphatic carbocycles. The predicted octanol–water partition coefficient (Wildman–Crippen LogP) is 1.83. The van der Waals surface area contributed by atoms with Crippen LogP contribution in [0.3, 0.4) is 0 Å². The highest BCUT2D eigenvalue weighted by Gasteiger charge is 2.43. The summed E-state index contributed by atoms with van der Waals surface area (Å²) in [6.45, 7) is 31.7. The fraction of sp³-hybridized carbons (Fsp3) is 0.786. The predicted molar refractivity (Wildman–Crippen MR) is 301 cm³/mol. The molecule has 11 N–H and O–H groups in total. The van der Waals surface area contributed by atoms with Gasteiger partial charge in [-0.05, 0) is 123 Å². The smallest absolute Gasteiger partial charge is 0.246 e. The number of hydrogen-bond donors (Lipinski definition) is 11. The minimum atomic E-state index is -1.76. The summed E-state index contributed by atoms with van der Waals surface area (Å²) in [7, 11) is 1.77. The molecule has 1 aliphatic rings. The van der Waals surface area contributed by atoms with Crippen LogP contribution < -0.4 is 53.2 Å². The maximum Gasteiger partial charge on any atom is 0.246 e. The van der Waals surface area contributed by atoms with Crippen molar-refractivity contribution in [2.45, 2.75) is 222 Å². The van der Waals surface area contributed by atoms with Crippen LogP contribution in [0.1, 0.15) is 163 Å². The Bertz CT molecular complexity index is 2090. The standard InChI is InChI=1S/C56H101N11O11/c1-20-35(10)21-22-43(69)67-30-36(11)28-41(67)49(74)61-38(25-31(2)3)47(72)63-44(45(70)34(8)9)50(75)65-55(15,16)52(77)62-39(26-32(4)5)46(71)60-40(27-33(6)7)48(73)64-56(17,18)53(78)66-54(13,14)51(76)58-24-23-42(68)59-37(12)29-57-19/h21-22,31-41,44-45,57,70H,20,23-30H2,1-19H3,(H,58,76)(H,59,68)(H,60,71)(H,61,74)(H,62,77)(H,63,72)(H,64,73)(H,65,75)(H,66,78)/b22-21+/t35-,36-,37-,38+,39+,40+,41+,44+,45-/m1/s1.